The summed E-state index contributed by atoms with van der Waals surface area (Å²) in [7, 11) is 0. The number of alkyl halides is 3. The summed E-state index contributed by atoms with van der Waals surface area (Å²) in [5, 5.41) is 9.10. The van der Waals surface area contributed by atoms with Gasteiger partial charge in [-0.2, -0.15) is 13.2 Å². The molecule has 1 heterocycles. The molecule has 0 atom stereocenters. The normalized spacial score (nSPS) is 14.6. The predicted molar refractivity (Wildman–Crippen MR) is 126 cm³/mol. The number of hydrogen-bond acceptors (Lipinski definition) is 4. The first-order valence-corrected chi connectivity index (χ1v) is 11.4. The zero-order chi connectivity index (χ0) is 25.1. The van der Waals surface area contributed by atoms with Crippen LogP contribution in [0, 0.1) is 19.8 Å². The Balaban J connectivity index is 0.000000564. The zero-order valence-corrected chi connectivity index (χ0v) is 21.0. The summed E-state index contributed by atoms with van der Waals surface area (Å²) < 4.78 is 37.9. The largest absolute Gasteiger partial charge is 0.433 e. The van der Waals surface area contributed by atoms with Gasteiger partial charge in [-0.3, -0.25) is 9.79 Å². The molecule has 1 saturated carbocycles. The Bertz CT molecular complexity index is 747. The van der Waals surface area contributed by atoms with Crippen molar-refractivity contribution in [1.82, 2.24) is 4.98 Å². The molecule has 0 saturated heterocycles. The van der Waals surface area contributed by atoms with Gasteiger partial charge in [-0.25, -0.2) is 4.98 Å². The Morgan fingerprint density at radius 3 is 2.06 bits per heavy atom. The first kappa shape index (κ1) is 30.2. The highest BCUT2D eigenvalue weighted by molar-refractivity contribution is 5.84. The minimum absolute atomic E-state index is 0.108. The van der Waals surface area contributed by atoms with Crippen LogP contribution in [0.2, 0.25) is 0 Å². The summed E-state index contributed by atoms with van der Waals surface area (Å²) in [6.07, 6.45) is 2.63. The molecule has 1 N–H and O–H groups in total. The van der Waals surface area contributed by atoms with Crippen LogP contribution in [-0.2, 0) is 11.0 Å². The fraction of sp³-hybridized carbons (Fsp3) is 0.720. The molecule has 1 aliphatic carbocycles. The molecule has 1 aromatic heterocycles. The van der Waals surface area contributed by atoms with Gasteiger partial charge in [0.25, 0.3) is 0 Å². The molecule has 1 aliphatic rings. The third-order valence-electron chi connectivity index (χ3n) is 4.99. The van der Waals surface area contributed by atoms with Gasteiger partial charge in [-0.15, -0.1) is 0 Å². The summed E-state index contributed by atoms with van der Waals surface area (Å²) in [6, 6.07) is 1.45. The molecule has 1 fully saturated rings. The first-order valence-electron chi connectivity index (χ1n) is 11.4. The molecule has 184 valence electrons. The average molecular weight is 459 g/mol. The number of nitrogens with zero attached hydrogens (tertiary/aromatic N) is 2. The fourth-order valence-electron chi connectivity index (χ4n) is 2.93. The standard InChI is InChI=1S/C13H17F3N2.C7H14O2.C5H10/c1-5-6-9(3)17-11-7-8(2)12(13(14,15)16)18-10(11)4;1-4-6(8)5-7(2,3)9;1-5-3-2-4-5/h7H,5-6H2,1-4H3;9H,4-5H2,1-3H3;5H,2-4H2,1H3. The lowest BCUT2D eigenvalue weighted by Crippen LogP contribution is -2.22. The Morgan fingerprint density at radius 2 is 1.75 bits per heavy atom. The van der Waals surface area contributed by atoms with Crippen LogP contribution in [0.25, 0.3) is 0 Å². The Hall–Kier alpha value is -1.76. The van der Waals surface area contributed by atoms with E-state index in [1.807, 2.05) is 13.8 Å². The maximum atomic E-state index is 12.6. The van der Waals surface area contributed by atoms with Crippen LogP contribution in [-0.4, -0.2) is 27.2 Å². The van der Waals surface area contributed by atoms with Crippen LogP contribution in [0.3, 0.4) is 0 Å². The minimum Gasteiger partial charge on any atom is -0.390 e. The highest BCUT2D eigenvalue weighted by atomic mass is 19.4. The SMILES string of the molecule is CC1CCC1.CCC(=O)CC(C)(C)O.CCCC(C)=Nc1cc(C)c(C(F)(F)F)nc1C. The number of hydrogen-bond donors (Lipinski definition) is 1. The van der Waals surface area contributed by atoms with E-state index >= 15 is 0 Å². The number of aromatic nitrogens is 1. The lowest BCUT2D eigenvalue weighted by atomic mass is 9.88. The average Bonchev–Trinajstić information content (AvgIpc) is 2.61. The molecule has 0 spiro atoms. The molecule has 0 bridgehead atoms. The van der Waals surface area contributed by atoms with Crippen LogP contribution < -0.4 is 0 Å². The molecule has 0 amide bonds. The monoisotopic (exact) mass is 458 g/mol. The number of Topliss-reactive ketones (excluding diaryl/α,β-unsaturated/α-hetero) is 1. The van der Waals surface area contributed by atoms with E-state index in [2.05, 4.69) is 16.9 Å². The number of halogens is 3. The molecule has 0 radical (unpaired) electrons. The second-order valence-electron chi connectivity index (χ2n) is 9.27. The molecular formula is C25H41F3N2O2. The third kappa shape index (κ3) is 12.9. The molecule has 0 aromatic carbocycles. The van der Waals surface area contributed by atoms with Gasteiger partial charge in [0.05, 0.1) is 17.0 Å². The van der Waals surface area contributed by atoms with Gasteiger partial charge in [0.2, 0.25) is 0 Å². The molecule has 4 nitrogen and oxygen atoms in total. The number of aryl methyl sites for hydroxylation is 2. The van der Waals surface area contributed by atoms with E-state index in [0.29, 0.717) is 17.8 Å². The van der Waals surface area contributed by atoms with Gasteiger partial charge in [0.1, 0.15) is 11.5 Å². The first-order chi connectivity index (χ1) is 14.6. The van der Waals surface area contributed by atoms with E-state index in [1.165, 1.54) is 32.3 Å². The highest BCUT2D eigenvalue weighted by Gasteiger charge is 2.34. The summed E-state index contributed by atoms with van der Waals surface area (Å²) in [5.41, 5.74) is 0.187. The second-order valence-corrected chi connectivity index (χ2v) is 9.27. The zero-order valence-electron chi connectivity index (χ0n) is 21.0. The summed E-state index contributed by atoms with van der Waals surface area (Å²) in [5.74, 6) is 1.18. The van der Waals surface area contributed by atoms with Gasteiger partial charge >= 0.3 is 6.18 Å². The predicted octanol–water partition coefficient (Wildman–Crippen LogP) is 7.54. The van der Waals surface area contributed by atoms with E-state index in [-0.39, 0.29) is 17.8 Å². The van der Waals surface area contributed by atoms with E-state index in [4.69, 9.17) is 5.11 Å². The van der Waals surface area contributed by atoms with Crippen molar-refractivity contribution < 1.29 is 23.1 Å². The van der Waals surface area contributed by atoms with Gasteiger partial charge in [0.15, 0.2) is 0 Å². The van der Waals surface area contributed by atoms with Crippen LogP contribution in [0.1, 0.15) is 103 Å². The van der Waals surface area contributed by atoms with E-state index in [1.54, 1.807) is 27.7 Å². The summed E-state index contributed by atoms with van der Waals surface area (Å²) >= 11 is 0. The van der Waals surface area contributed by atoms with Crippen molar-refractivity contribution in [3.8, 4) is 0 Å². The van der Waals surface area contributed by atoms with Gasteiger partial charge in [-0.05, 0) is 58.6 Å². The van der Waals surface area contributed by atoms with Crippen LogP contribution in [0.15, 0.2) is 11.1 Å². The van der Waals surface area contributed by atoms with Gasteiger partial charge in [0, 0.05) is 18.6 Å². The van der Waals surface area contributed by atoms with Crippen molar-refractivity contribution in [2.45, 2.75) is 112 Å². The molecule has 0 aliphatic heterocycles. The van der Waals surface area contributed by atoms with Gasteiger partial charge in [-0.1, -0.05) is 46.5 Å². The molecule has 1 aromatic rings. The second kappa shape index (κ2) is 13.7. The number of ketones is 1. The maximum absolute atomic E-state index is 12.6. The lowest BCUT2D eigenvalue weighted by molar-refractivity contribution is -0.141. The number of pyridine rings is 1. The van der Waals surface area contributed by atoms with Crippen molar-refractivity contribution in [1.29, 1.82) is 0 Å². The van der Waals surface area contributed by atoms with Crippen LogP contribution in [0.4, 0.5) is 18.9 Å². The maximum Gasteiger partial charge on any atom is 0.433 e. The van der Waals surface area contributed by atoms with Crippen molar-refractivity contribution in [3.63, 3.8) is 0 Å². The number of carbonyl (C=O) groups excluding carboxylic acids is 1. The number of aliphatic imine (C=N–C) groups is 1. The van der Waals surface area contributed by atoms with Gasteiger partial charge < -0.3 is 5.11 Å². The quantitative estimate of drug-likeness (QED) is 0.448. The lowest BCUT2D eigenvalue weighted by Gasteiger charge is -2.18. The Labute approximate surface area is 191 Å². The fourth-order valence-corrected chi connectivity index (χ4v) is 2.93. The minimum atomic E-state index is -4.41. The van der Waals surface area contributed by atoms with Crippen LogP contribution in [0.5, 0.6) is 0 Å². The molecule has 2 rings (SSSR count). The van der Waals surface area contributed by atoms with Crippen molar-refractivity contribution >= 4 is 17.2 Å². The van der Waals surface area contributed by atoms with Crippen molar-refractivity contribution in [2.75, 3.05) is 0 Å². The Morgan fingerprint density at radius 1 is 1.22 bits per heavy atom. The molecule has 32 heavy (non-hydrogen) atoms. The van der Waals surface area contributed by atoms with E-state index in [0.717, 1.165) is 24.5 Å². The summed E-state index contributed by atoms with van der Waals surface area (Å²) in [6.45, 7) is 14.2. The highest BCUT2D eigenvalue weighted by Crippen LogP contribution is 2.33. The Kier molecular flexibility index (Phi) is 13.0. The third-order valence-corrected chi connectivity index (χ3v) is 4.99. The van der Waals surface area contributed by atoms with Crippen LogP contribution >= 0.6 is 0 Å². The van der Waals surface area contributed by atoms with E-state index < -0.39 is 17.5 Å². The van der Waals surface area contributed by atoms with E-state index in [9.17, 15) is 18.0 Å². The molecule has 7 heteroatoms. The summed E-state index contributed by atoms with van der Waals surface area (Å²) in [4.78, 5) is 18.6. The van der Waals surface area contributed by atoms with Crippen molar-refractivity contribution in [3.05, 3.63) is 23.0 Å². The number of rotatable bonds is 6. The molecular weight excluding hydrogens is 417 g/mol. The smallest absolute Gasteiger partial charge is 0.390 e. The van der Waals surface area contributed by atoms with Crippen molar-refractivity contribution in [2.24, 2.45) is 10.9 Å². The number of carbonyl (C=O) groups is 1. The molecule has 0 unspecified atom stereocenters. The number of aliphatic hydroxyl groups is 1. The topological polar surface area (TPSA) is 62.5 Å².